The third-order valence-electron chi connectivity index (χ3n) is 2.79. The molecule has 1 N–H and O–H groups in total. The molecule has 21 heavy (non-hydrogen) atoms. The average molecular weight is 334 g/mol. The van der Waals surface area contributed by atoms with Gasteiger partial charge in [0.05, 0.1) is 5.56 Å². The van der Waals surface area contributed by atoms with Crippen molar-refractivity contribution in [1.29, 1.82) is 0 Å². The van der Waals surface area contributed by atoms with Crippen LogP contribution in [0.25, 0.3) is 0 Å². The van der Waals surface area contributed by atoms with Crippen LogP contribution in [0, 0.1) is 0 Å². The summed E-state index contributed by atoms with van der Waals surface area (Å²) in [6.45, 7) is 1.53. The summed E-state index contributed by atoms with van der Waals surface area (Å²) < 4.78 is 74.6. The topological polar surface area (TPSA) is 12.0 Å². The molecule has 0 spiro atoms. The van der Waals surface area contributed by atoms with Crippen molar-refractivity contribution in [1.82, 2.24) is 0 Å². The molecule has 1 nitrogen and oxygen atoms in total. The number of benzene rings is 1. The molecule has 0 amide bonds. The lowest BCUT2D eigenvalue weighted by Crippen LogP contribution is -2.19. The minimum Gasteiger partial charge on any atom is -0.382 e. The summed E-state index contributed by atoms with van der Waals surface area (Å²) >= 11 is 5.54. The largest absolute Gasteiger partial charge is 0.418 e. The molecule has 1 unspecified atom stereocenters. The van der Waals surface area contributed by atoms with E-state index in [0.717, 1.165) is 6.07 Å². The lowest BCUT2D eigenvalue weighted by Gasteiger charge is -2.20. The van der Waals surface area contributed by atoms with Crippen LogP contribution in [-0.4, -0.2) is 12.2 Å². The molecule has 8 heteroatoms. The Hall–Kier alpha value is -1.11. The number of nitrogens with one attached hydrogen (secondary N) is 1. The summed E-state index contributed by atoms with van der Waals surface area (Å²) in [6, 6.07) is 2.73. The number of anilines is 1. The maximum Gasteiger partial charge on any atom is 0.418 e. The standard InChI is InChI=1S/C13H14ClF6N/c1-8(3-2-6-12(15,16)17)21-11-5-4-9(14)7-10(11)13(18,19)20/h4-5,7-8,21H,2-3,6H2,1H3. The van der Waals surface area contributed by atoms with E-state index in [1.165, 1.54) is 19.1 Å². The maximum atomic E-state index is 12.8. The Morgan fingerprint density at radius 1 is 1.14 bits per heavy atom. The van der Waals surface area contributed by atoms with Crippen molar-refractivity contribution in [3.8, 4) is 0 Å². The van der Waals surface area contributed by atoms with Crippen LogP contribution < -0.4 is 5.32 Å². The predicted octanol–water partition coefficient (Wildman–Crippen LogP) is 5.89. The van der Waals surface area contributed by atoms with Crippen LogP contribution in [0.4, 0.5) is 32.0 Å². The van der Waals surface area contributed by atoms with Gasteiger partial charge in [0.15, 0.2) is 0 Å². The first-order valence-corrected chi connectivity index (χ1v) is 6.57. The van der Waals surface area contributed by atoms with Crippen LogP contribution in [0.1, 0.15) is 31.7 Å². The molecule has 0 fully saturated rings. The average Bonchev–Trinajstić information content (AvgIpc) is 2.28. The molecular formula is C13H14ClF6N. The van der Waals surface area contributed by atoms with Crippen molar-refractivity contribution >= 4 is 17.3 Å². The van der Waals surface area contributed by atoms with Crippen molar-refractivity contribution in [3.63, 3.8) is 0 Å². The molecule has 1 aromatic rings. The Balaban J connectivity index is 2.70. The van der Waals surface area contributed by atoms with E-state index in [-0.39, 0.29) is 23.6 Å². The summed E-state index contributed by atoms with van der Waals surface area (Å²) in [5.74, 6) is 0. The van der Waals surface area contributed by atoms with Crippen LogP contribution in [0.15, 0.2) is 18.2 Å². The van der Waals surface area contributed by atoms with E-state index in [9.17, 15) is 26.3 Å². The highest BCUT2D eigenvalue weighted by molar-refractivity contribution is 6.30. The Labute approximate surface area is 123 Å². The van der Waals surface area contributed by atoms with Crippen LogP contribution in [0.3, 0.4) is 0 Å². The number of hydrogen-bond donors (Lipinski definition) is 1. The quantitative estimate of drug-likeness (QED) is 0.662. The van der Waals surface area contributed by atoms with Gasteiger partial charge >= 0.3 is 12.4 Å². The van der Waals surface area contributed by atoms with E-state index in [4.69, 9.17) is 11.6 Å². The molecule has 0 aliphatic rings. The van der Waals surface area contributed by atoms with E-state index in [1.54, 1.807) is 0 Å². The van der Waals surface area contributed by atoms with Gasteiger partial charge in [0.2, 0.25) is 0 Å². The zero-order valence-electron chi connectivity index (χ0n) is 11.1. The van der Waals surface area contributed by atoms with Crippen molar-refractivity contribution < 1.29 is 26.3 Å². The summed E-state index contributed by atoms with van der Waals surface area (Å²) in [5, 5.41) is 2.53. The van der Waals surface area contributed by atoms with Gasteiger partial charge < -0.3 is 5.32 Å². The molecule has 0 saturated heterocycles. The highest BCUT2D eigenvalue weighted by Gasteiger charge is 2.34. The Bertz CT molecular complexity index is 469. The molecule has 1 atom stereocenters. The third-order valence-corrected chi connectivity index (χ3v) is 3.02. The van der Waals surface area contributed by atoms with Crippen LogP contribution in [0.5, 0.6) is 0 Å². The fraction of sp³-hybridized carbons (Fsp3) is 0.538. The Morgan fingerprint density at radius 2 is 1.76 bits per heavy atom. The highest BCUT2D eigenvalue weighted by atomic mass is 35.5. The first kappa shape index (κ1) is 17.9. The first-order chi connectivity index (χ1) is 9.49. The number of hydrogen-bond acceptors (Lipinski definition) is 1. The molecule has 1 aromatic carbocycles. The molecule has 0 bridgehead atoms. The summed E-state index contributed by atoms with van der Waals surface area (Å²) in [4.78, 5) is 0. The van der Waals surface area contributed by atoms with Gasteiger partial charge in [0.25, 0.3) is 0 Å². The van der Waals surface area contributed by atoms with Gasteiger partial charge in [-0.15, -0.1) is 0 Å². The third kappa shape index (κ3) is 6.46. The molecule has 0 aliphatic heterocycles. The van der Waals surface area contributed by atoms with Crippen molar-refractivity contribution in [3.05, 3.63) is 28.8 Å². The molecule has 0 radical (unpaired) electrons. The van der Waals surface area contributed by atoms with Crippen LogP contribution >= 0.6 is 11.6 Å². The first-order valence-electron chi connectivity index (χ1n) is 6.19. The molecular weight excluding hydrogens is 320 g/mol. The van der Waals surface area contributed by atoms with E-state index in [1.807, 2.05) is 0 Å². The zero-order chi connectivity index (χ0) is 16.3. The Morgan fingerprint density at radius 3 is 2.29 bits per heavy atom. The zero-order valence-corrected chi connectivity index (χ0v) is 11.8. The second-order valence-electron chi connectivity index (χ2n) is 4.74. The molecule has 1 rings (SSSR count). The van der Waals surface area contributed by atoms with Crippen LogP contribution in [0.2, 0.25) is 5.02 Å². The molecule has 0 saturated carbocycles. The summed E-state index contributed by atoms with van der Waals surface area (Å²) in [5.41, 5.74) is -1.12. The normalized spacial score (nSPS) is 14.1. The van der Waals surface area contributed by atoms with Crippen molar-refractivity contribution in [2.24, 2.45) is 0 Å². The lowest BCUT2D eigenvalue weighted by molar-refractivity contribution is -0.137. The maximum absolute atomic E-state index is 12.8. The molecule has 0 heterocycles. The van der Waals surface area contributed by atoms with Gasteiger partial charge in [-0.1, -0.05) is 11.6 Å². The molecule has 0 aliphatic carbocycles. The fourth-order valence-electron chi connectivity index (χ4n) is 1.82. The number of alkyl halides is 6. The summed E-state index contributed by atoms with van der Waals surface area (Å²) in [6.07, 6.45) is -9.83. The Kier molecular flexibility index (Phi) is 5.78. The van der Waals surface area contributed by atoms with Crippen molar-refractivity contribution in [2.75, 3.05) is 5.32 Å². The smallest absolute Gasteiger partial charge is 0.382 e. The van der Waals surface area contributed by atoms with Gasteiger partial charge in [-0.3, -0.25) is 0 Å². The van der Waals surface area contributed by atoms with Gasteiger partial charge in [0, 0.05) is 23.2 Å². The number of halogens is 7. The van der Waals surface area contributed by atoms with E-state index >= 15 is 0 Å². The fourth-order valence-corrected chi connectivity index (χ4v) is 2.00. The number of rotatable bonds is 5. The molecule has 0 aromatic heterocycles. The monoisotopic (exact) mass is 333 g/mol. The van der Waals surface area contributed by atoms with Gasteiger partial charge in [-0.2, -0.15) is 26.3 Å². The van der Waals surface area contributed by atoms with Gasteiger partial charge in [0.1, 0.15) is 0 Å². The second-order valence-corrected chi connectivity index (χ2v) is 5.18. The minimum absolute atomic E-state index is 0.0578. The summed E-state index contributed by atoms with van der Waals surface area (Å²) in [7, 11) is 0. The molecule has 120 valence electrons. The minimum atomic E-state index is -4.58. The van der Waals surface area contributed by atoms with E-state index < -0.39 is 30.4 Å². The van der Waals surface area contributed by atoms with Crippen molar-refractivity contribution in [2.45, 2.75) is 44.6 Å². The highest BCUT2D eigenvalue weighted by Crippen LogP contribution is 2.37. The van der Waals surface area contributed by atoms with Gasteiger partial charge in [-0.05, 0) is 38.0 Å². The van der Waals surface area contributed by atoms with Gasteiger partial charge in [-0.25, -0.2) is 0 Å². The van der Waals surface area contributed by atoms with E-state index in [0.29, 0.717) is 0 Å². The lowest BCUT2D eigenvalue weighted by atomic mass is 10.1. The SMILES string of the molecule is CC(CCCC(F)(F)F)Nc1ccc(Cl)cc1C(F)(F)F. The second kappa shape index (κ2) is 6.77. The van der Waals surface area contributed by atoms with E-state index in [2.05, 4.69) is 5.32 Å². The predicted molar refractivity (Wildman–Crippen MR) is 69.4 cm³/mol. The van der Waals surface area contributed by atoms with Crippen LogP contribution in [-0.2, 0) is 6.18 Å².